The van der Waals surface area contributed by atoms with Crippen LogP contribution >= 0.6 is 0 Å². The van der Waals surface area contributed by atoms with Crippen molar-refractivity contribution >= 4 is 5.91 Å². The summed E-state index contributed by atoms with van der Waals surface area (Å²) in [7, 11) is 0. The zero-order chi connectivity index (χ0) is 16.4. The number of hydrogen-bond acceptors (Lipinski definition) is 5. The van der Waals surface area contributed by atoms with Crippen molar-refractivity contribution in [2.75, 3.05) is 19.7 Å². The lowest BCUT2D eigenvalue weighted by molar-refractivity contribution is -0.210. The van der Waals surface area contributed by atoms with Gasteiger partial charge in [-0.25, -0.2) is 9.78 Å². The summed E-state index contributed by atoms with van der Waals surface area (Å²) in [6.45, 7) is 3.80. The zero-order valence-electron chi connectivity index (χ0n) is 13.4. The zero-order valence-corrected chi connectivity index (χ0v) is 13.4. The van der Waals surface area contributed by atoms with Crippen LogP contribution in [0.4, 0.5) is 0 Å². The van der Waals surface area contributed by atoms with Gasteiger partial charge in [0, 0.05) is 43.9 Å². The van der Waals surface area contributed by atoms with Gasteiger partial charge in [-0.2, -0.15) is 0 Å². The van der Waals surface area contributed by atoms with E-state index in [-0.39, 0.29) is 30.1 Å². The highest BCUT2D eigenvalue weighted by molar-refractivity contribution is 5.76. The van der Waals surface area contributed by atoms with Crippen LogP contribution in [-0.2, 0) is 16.1 Å². The van der Waals surface area contributed by atoms with E-state index in [0.717, 1.165) is 12.8 Å². The Morgan fingerprint density at radius 1 is 1.48 bits per heavy atom. The van der Waals surface area contributed by atoms with E-state index in [1.165, 1.54) is 10.8 Å². The molecule has 1 aromatic heterocycles. The Hall–Kier alpha value is -1.73. The minimum atomic E-state index is -0.417. The average molecular weight is 321 g/mol. The number of aliphatic hydroxyl groups excluding tert-OH is 1. The Morgan fingerprint density at radius 2 is 2.22 bits per heavy atom. The Labute approximate surface area is 134 Å². The van der Waals surface area contributed by atoms with Crippen molar-refractivity contribution in [3.8, 4) is 0 Å². The highest BCUT2D eigenvalue weighted by Gasteiger charge is 2.56. The van der Waals surface area contributed by atoms with Gasteiger partial charge >= 0.3 is 5.69 Å². The molecule has 7 heteroatoms. The Bertz CT molecular complexity index is 620. The number of rotatable bonds is 4. The first-order chi connectivity index (χ1) is 11.1. The first-order valence-electron chi connectivity index (χ1n) is 8.16. The molecule has 0 unspecified atom stereocenters. The van der Waals surface area contributed by atoms with Gasteiger partial charge in [0.05, 0.1) is 12.2 Å². The van der Waals surface area contributed by atoms with E-state index in [1.807, 2.05) is 6.92 Å². The molecule has 7 nitrogen and oxygen atoms in total. The summed E-state index contributed by atoms with van der Waals surface area (Å²) in [4.78, 5) is 29.4. The monoisotopic (exact) mass is 321 g/mol. The molecule has 126 valence electrons. The average Bonchev–Trinajstić information content (AvgIpc) is 2.57. The van der Waals surface area contributed by atoms with E-state index in [2.05, 4.69) is 4.98 Å². The summed E-state index contributed by atoms with van der Waals surface area (Å²) in [5, 5.41) is 10.2. The van der Waals surface area contributed by atoms with E-state index in [4.69, 9.17) is 4.74 Å². The van der Waals surface area contributed by atoms with E-state index in [9.17, 15) is 14.7 Å². The van der Waals surface area contributed by atoms with Crippen molar-refractivity contribution in [3.63, 3.8) is 0 Å². The molecule has 3 rings (SSSR count). The molecule has 1 saturated heterocycles. The molecule has 1 aliphatic carbocycles. The van der Waals surface area contributed by atoms with Crippen molar-refractivity contribution in [1.82, 2.24) is 14.5 Å². The molecular weight excluding hydrogens is 298 g/mol. The van der Waals surface area contributed by atoms with E-state index >= 15 is 0 Å². The summed E-state index contributed by atoms with van der Waals surface area (Å²) in [6.07, 6.45) is 4.92. The van der Waals surface area contributed by atoms with Crippen molar-refractivity contribution < 1.29 is 14.6 Å². The van der Waals surface area contributed by atoms with Gasteiger partial charge in [-0.3, -0.25) is 9.36 Å². The number of hydrogen-bond donors (Lipinski definition) is 1. The maximum atomic E-state index is 12.4. The highest BCUT2D eigenvalue weighted by atomic mass is 16.5. The van der Waals surface area contributed by atoms with Crippen LogP contribution in [0, 0.1) is 5.41 Å². The van der Waals surface area contributed by atoms with Gasteiger partial charge in [0.25, 0.3) is 0 Å². The second kappa shape index (κ2) is 6.41. The summed E-state index contributed by atoms with van der Waals surface area (Å²) in [5.74, 6) is -0.0864. The predicted molar refractivity (Wildman–Crippen MR) is 82.8 cm³/mol. The fourth-order valence-electron chi connectivity index (χ4n) is 3.74. The van der Waals surface area contributed by atoms with Gasteiger partial charge in [0.1, 0.15) is 6.54 Å². The largest absolute Gasteiger partial charge is 0.392 e. The molecule has 1 saturated carbocycles. The molecule has 1 N–H and O–H groups in total. The van der Waals surface area contributed by atoms with Gasteiger partial charge in [-0.1, -0.05) is 0 Å². The smallest absolute Gasteiger partial charge is 0.347 e. The molecule has 2 fully saturated rings. The third-order valence-electron chi connectivity index (χ3n) is 5.25. The SMILES string of the molecule is CCO[C@H]1C[C@@H](O)C12CCN(C(=O)Cn1cccnc1=O)CC2. The molecule has 0 radical (unpaired) electrons. The minimum absolute atomic E-state index is 0.0110. The molecule has 2 aliphatic rings. The topological polar surface area (TPSA) is 84.7 Å². The molecule has 23 heavy (non-hydrogen) atoms. The van der Waals surface area contributed by atoms with Gasteiger partial charge in [0.2, 0.25) is 5.91 Å². The Kier molecular flexibility index (Phi) is 4.50. The summed E-state index contributed by atoms with van der Waals surface area (Å²) < 4.78 is 7.04. The van der Waals surface area contributed by atoms with Gasteiger partial charge in [0.15, 0.2) is 0 Å². The first-order valence-corrected chi connectivity index (χ1v) is 8.16. The van der Waals surface area contributed by atoms with Crippen molar-refractivity contribution in [1.29, 1.82) is 0 Å². The number of piperidine rings is 1. The number of nitrogens with zero attached hydrogens (tertiary/aromatic N) is 3. The second-order valence-corrected chi connectivity index (χ2v) is 6.34. The lowest BCUT2D eigenvalue weighted by atomic mass is 9.58. The normalized spacial score (nSPS) is 26.1. The lowest BCUT2D eigenvalue weighted by Crippen LogP contribution is -2.62. The Balaban J connectivity index is 1.59. The minimum Gasteiger partial charge on any atom is -0.392 e. The third-order valence-corrected chi connectivity index (χ3v) is 5.25. The van der Waals surface area contributed by atoms with Crippen LogP contribution in [0.15, 0.2) is 23.3 Å². The fourth-order valence-corrected chi connectivity index (χ4v) is 3.74. The van der Waals surface area contributed by atoms with Crippen molar-refractivity contribution in [2.45, 2.75) is 44.9 Å². The highest BCUT2D eigenvalue weighted by Crippen LogP contribution is 2.50. The predicted octanol–water partition coefficient (Wildman–Crippen LogP) is 0.0218. The van der Waals surface area contributed by atoms with Crippen LogP contribution < -0.4 is 5.69 Å². The fraction of sp³-hybridized carbons (Fsp3) is 0.688. The van der Waals surface area contributed by atoms with Crippen LogP contribution in [0.3, 0.4) is 0 Å². The van der Waals surface area contributed by atoms with Crippen LogP contribution in [0.25, 0.3) is 0 Å². The van der Waals surface area contributed by atoms with E-state index in [1.54, 1.807) is 17.2 Å². The number of likely N-dealkylation sites (tertiary alicyclic amines) is 1. The summed E-state index contributed by atoms with van der Waals surface area (Å²) in [5.41, 5.74) is -0.613. The molecule has 0 aromatic carbocycles. The molecule has 2 heterocycles. The number of carbonyl (C=O) groups excluding carboxylic acids is 1. The summed E-state index contributed by atoms with van der Waals surface area (Å²) >= 11 is 0. The second-order valence-electron chi connectivity index (χ2n) is 6.34. The number of amides is 1. The molecule has 0 bridgehead atoms. The van der Waals surface area contributed by atoms with Gasteiger partial charge in [-0.05, 0) is 25.8 Å². The number of aliphatic hydroxyl groups is 1. The third kappa shape index (κ3) is 2.90. The van der Waals surface area contributed by atoms with Crippen LogP contribution in [0.5, 0.6) is 0 Å². The molecule has 1 aromatic rings. The van der Waals surface area contributed by atoms with Crippen molar-refractivity contribution in [3.05, 3.63) is 28.9 Å². The Morgan fingerprint density at radius 3 is 2.83 bits per heavy atom. The summed E-state index contributed by atoms with van der Waals surface area (Å²) in [6, 6.07) is 1.64. The van der Waals surface area contributed by atoms with Crippen molar-refractivity contribution in [2.24, 2.45) is 5.41 Å². The lowest BCUT2D eigenvalue weighted by Gasteiger charge is -2.56. The first kappa shape index (κ1) is 16.1. The van der Waals surface area contributed by atoms with Crippen LogP contribution in [-0.4, -0.2) is 57.4 Å². The van der Waals surface area contributed by atoms with E-state index < -0.39 is 5.69 Å². The molecular formula is C16H23N3O4. The number of ether oxygens (including phenoxy) is 1. The molecule has 2 atom stereocenters. The maximum Gasteiger partial charge on any atom is 0.347 e. The quantitative estimate of drug-likeness (QED) is 0.845. The van der Waals surface area contributed by atoms with E-state index in [0.29, 0.717) is 26.1 Å². The molecule has 1 aliphatic heterocycles. The maximum absolute atomic E-state index is 12.4. The van der Waals surface area contributed by atoms with Crippen LogP contribution in [0.1, 0.15) is 26.2 Å². The molecule has 1 spiro atoms. The number of carbonyl (C=O) groups is 1. The van der Waals surface area contributed by atoms with Gasteiger partial charge < -0.3 is 14.7 Å². The standard InChI is InChI=1S/C16H23N3O4/c1-2-23-13-10-12(20)16(13)4-8-18(9-5-16)14(21)11-19-7-3-6-17-15(19)22/h3,6-7,12-13,20H,2,4-5,8-11H2,1H3/t12-,13+/m1/s1. The molecule has 1 amide bonds. The number of aromatic nitrogens is 2. The van der Waals surface area contributed by atoms with Gasteiger partial charge in [-0.15, -0.1) is 0 Å². The van der Waals surface area contributed by atoms with Crippen LogP contribution in [0.2, 0.25) is 0 Å².